The Hall–Kier alpha value is -4.24. The predicted octanol–water partition coefficient (Wildman–Crippen LogP) is 9.45. The second-order valence-corrected chi connectivity index (χ2v) is 10.7. The first-order valence-corrected chi connectivity index (χ1v) is 12.9. The molecule has 3 aromatic heterocycles. The lowest BCUT2D eigenvalue weighted by Gasteiger charge is -2.18. The van der Waals surface area contributed by atoms with Crippen molar-refractivity contribution in [3.63, 3.8) is 0 Å². The van der Waals surface area contributed by atoms with Crippen molar-refractivity contribution in [2.45, 2.75) is 40.0 Å². The highest BCUT2D eigenvalue weighted by Crippen LogP contribution is 2.39. The van der Waals surface area contributed by atoms with E-state index in [0.717, 1.165) is 33.0 Å². The van der Waals surface area contributed by atoms with Crippen LogP contribution in [0, 0.1) is 5.41 Å². The molecule has 6 rings (SSSR count). The van der Waals surface area contributed by atoms with Crippen LogP contribution in [0.4, 0.5) is 0 Å². The number of pyridine rings is 2. The molecule has 6 aromatic rings. The maximum Gasteiger partial charge on any atom is 0.157 e. The highest BCUT2D eigenvalue weighted by atomic mass is 16.3. The molecule has 3 heterocycles. The van der Waals surface area contributed by atoms with Gasteiger partial charge in [-0.25, -0.2) is 0 Å². The van der Waals surface area contributed by atoms with Crippen LogP contribution in [0.1, 0.15) is 54.5 Å². The minimum absolute atomic E-state index is 0.537. The number of para-hydroxylation sites is 1. The van der Waals surface area contributed by atoms with E-state index in [1.54, 1.807) is 18.5 Å². The van der Waals surface area contributed by atoms with Crippen molar-refractivity contribution in [2.75, 3.05) is 0 Å². The number of nitrogens with zero attached hydrogens (tertiary/aromatic N) is 2. The van der Waals surface area contributed by atoms with Crippen LogP contribution in [-0.4, -0.2) is 9.97 Å². The van der Waals surface area contributed by atoms with E-state index in [1.807, 2.05) is 100 Å². The molecule has 38 heavy (non-hydrogen) atoms. The summed E-state index contributed by atoms with van der Waals surface area (Å²) in [6, 6.07) is 29.6. The second-order valence-electron chi connectivity index (χ2n) is 10.7. The lowest BCUT2D eigenvalue weighted by Crippen LogP contribution is -2.09. The van der Waals surface area contributed by atoms with Gasteiger partial charge in [-0.15, -0.1) is 0 Å². The minimum atomic E-state index is -1.55. The van der Waals surface area contributed by atoms with Crippen LogP contribution in [0.25, 0.3) is 44.3 Å². The van der Waals surface area contributed by atoms with Gasteiger partial charge < -0.3 is 4.42 Å². The molecule has 1 atom stereocenters. The number of furan rings is 1. The van der Waals surface area contributed by atoms with E-state index < -0.39 is 17.7 Å². The van der Waals surface area contributed by atoms with E-state index in [1.165, 1.54) is 0 Å². The Bertz CT molecular complexity index is 1870. The van der Waals surface area contributed by atoms with E-state index in [0.29, 0.717) is 28.1 Å². The summed E-state index contributed by atoms with van der Waals surface area (Å²) in [6.07, 6.45) is 1.84. The van der Waals surface area contributed by atoms with Gasteiger partial charge >= 0.3 is 0 Å². The summed E-state index contributed by atoms with van der Waals surface area (Å²) in [5.74, 6) is -1.16. The van der Waals surface area contributed by atoms with Crippen molar-refractivity contribution in [3.05, 3.63) is 120 Å². The highest BCUT2D eigenvalue weighted by Gasteiger charge is 2.20. The molecule has 1 unspecified atom stereocenters. The van der Waals surface area contributed by atoms with Gasteiger partial charge in [0.15, 0.2) is 5.58 Å². The van der Waals surface area contributed by atoms with Gasteiger partial charge in [0.05, 0.1) is 11.4 Å². The zero-order chi connectivity index (χ0) is 29.0. The molecule has 188 valence electrons. The fraction of sp³-hybridized carbons (Fsp3) is 0.200. The molecule has 0 radical (unpaired) electrons. The SMILES string of the molecule is [2H]C(C)(c1ccc(-c2ccccc2)cc1)c1nccc2c1oc1c(-c3cc(C([2H])([2H])C(C)(C)C)ccn3)cccc12. The monoisotopic (exact) mass is 499 g/mol. The first kappa shape index (κ1) is 20.8. The maximum absolute atomic E-state index is 9.44. The largest absolute Gasteiger partial charge is 0.453 e. The lowest BCUT2D eigenvalue weighted by molar-refractivity contribution is 0.411. The van der Waals surface area contributed by atoms with Gasteiger partial charge in [-0.3, -0.25) is 9.97 Å². The van der Waals surface area contributed by atoms with Gasteiger partial charge in [-0.2, -0.15) is 0 Å². The van der Waals surface area contributed by atoms with Gasteiger partial charge in [0.25, 0.3) is 0 Å². The average molecular weight is 500 g/mol. The summed E-state index contributed by atoms with van der Waals surface area (Å²) in [5, 5.41) is 1.79. The van der Waals surface area contributed by atoms with Gasteiger partial charge in [0, 0.05) is 38.7 Å². The molecule has 0 amide bonds. The predicted molar refractivity (Wildman–Crippen MR) is 157 cm³/mol. The van der Waals surface area contributed by atoms with Crippen LogP contribution >= 0.6 is 0 Å². The molecule has 3 heteroatoms. The average Bonchev–Trinajstić information content (AvgIpc) is 3.36. The number of benzene rings is 3. The normalized spacial score (nSPS) is 15.1. The van der Waals surface area contributed by atoms with Crippen LogP contribution in [0.5, 0.6) is 0 Å². The van der Waals surface area contributed by atoms with Crippen LogP contribution in [0.2, 0.25) is 0 Å². The van der Waals surface area contributed by atoms with Crippen LogP contribution in [0.3, 0.4) is 0 Å². The van der Waals surface area contributed by atoms with Gasteiger partial charge in [0.2, 0.25) is 0 Å². The van der Waals surface area contributed by atoms with Crippen molar-refractivity contribution in [1.82, 2.24) is 9.97 Å². The Labute approximate surface area is 228 Å². The number of rotatable bonds is 5. The molecule has 0 aliphatic carbocycles. The Kier molecular flexibility index (Phi) is 5.23. The van der Waals surface area contributed by atoms with E-state index in [2.05, 4.69) is 22.1 Å². The van der Waals surface area contributed by atoms with Crippen molar-refractivity contribution in [2.24, 2.45) is 5.41 Å². The summed E-state index contributed by atoms with van der Waals surface area (Å²) in [6.45, 7) is 7.54. The molecule has 0 saturated heterocycles. The standard InChI is InChI=1S/C35H32N2O/c1-23(25-13-15-27(16-14-25)26-9-6-5-7-10-26)32-34-29(18-20-37-32)28-11-8-12-30(33(28)38-34)31-21-24(17-19-36-31)22-35(2,3)4/h5-21,23H,22H2,1-4H3/i22D2,23D. The van der Waals surface area contributed by atoms with Gasteiger partial charge in [-0.05, 0) is 58.3 Å². The molecule has 0 N–H and O–H groups in total. The molecular formula is C35H32N2O. The molecule has 0 spiro atoms. The summed E-state index contributed by atoms with van der Waals surface area (Å²) >= 11 is 0. The summed E-state index contributed by atoms with van der Waals surface area (Å²) in [4.78, 5) is 9.26. The highest BCUT2D eigenvalue weighted by molar-refractivity contribution is 6.09. The molecule has 0 bridgehead atoms. The Morgan fingerprint density at radius 3 is 2.26 bits per heavy atom. The van der Waals surface area contributed by atoms with E-state index in [-0.39, 0.29) is 0 Å². The third kappa shape index (κ3) is 4.61. The third-order valence-corrected chi connectivity index (χ3v) is 6.75. The topological polar surface area (TPSA) is 38.9 Å². The smallest absolute Gasteiger partial charge is 0.157 e. The molecule has 3 nitrogen and oxygen atoms in total. The fourth-order valence-electron chi connectivity index (χ4n) is 4.96. The van der Waals surface area contributed by atoms with Gasteiger partial charge in [-0.1, -0.05) is 94.4 Å². The van der Waals surface area contributed by atoms with Crippen LogP contribution in [-0.2, 0) is 6.37 Å². The van der Waals surface area contributed by atoms with E-state index in [4.69, 9.17) is 7.16 Å². The summed E-state index contributed by atoms with van der Waals surface area (Å²) in [7, 11) is 0. The second kappa shape index (κ2) is 9.57. The van der Waals surface area contributed by atoms with Crippen molar-refractivity contribution < 1.29 is 8.53 Å². The molecule has 0 saturated carbocycles. The van der Waals surface area contributed by atoms with E-state index >= 15 is 0 Å². The third-order valence-electron chi connectivity index (χ3n) is 6.75. The minimum Gasteiger partial charge on any atom is -0.453 e. The number of hydrogen-bond acceptors (Lipinski definition) is 3. The Morgan fingerprint density at radius 1 is 0.789 bits per heavy atom. The molecular weight excluding hydrogens is 464 g/mol. The maximum atomic E-state index is 9.44. The Balaban J connectivity index is 1.46. The van der Waals surface area contributed by atoms with Crippen LogP contribution in [0.15, 0.2) is 108 Å². The first-order valence-electron chi connectivity index (χ1n) is 14.4. The number of fused-ring (bicyclic) bond motifs is 3. The molecule has 0 aliphatic rings. The van der Waals surface area contributed by atoms with Gasteiger partial charge in [0.1, 0.15) is 5.58 Å². The van der Waals surface area contributed by atoms with E-state index in [9.17, 15) is 1.37 Å². The fourth-order valence-corrected chi connectivity index (χ4v) is 4.96. The Morgan fingerprint density at radius 2 is 1.50 bits per heavy atom. The molecule has 0 fully saturated rings. The van der Waals surface area contributed by atoms with Crippen molar-refractivity contribution in [3.8, 4) is 22.4 Å². The van der Waals surface area contributed by atoms with Crippen molar-refractivity contribution >= 4 is 21.9 Å². The quantitative estimate of drug-likeness (QED) is 0.237. The van der Waals surface area contributed by atoms with Crippen LogP contribution < -0.4 is 0 Å². The number of aromatic nitrogens is 2. The zero-order valence-electron chi connectivity index (χ0n) is 25.1. The number of hydrogen-bond donors (Lipinski definition) is 0. The van der Waals surface area contributed by atoms with Crippen molar-refractivity contribution in [1.29, 1.82) is 0 Å². The lowest BCUT2D eigenvalue weighted by atomic mass is 9.88. The zero-order valence-corrected chi connectivity index (χ0v) is 22.1. The molecule has 0 aliphatic heterocycles. The first-order chi connectivity index (χ1) is 19.5. The summed E-state index contributed by atoms with van der Waals surface area (Å²) in [5.41, 5.74) is 6.19. The summed E-state index contributed by atoms with van der Waals surface area (Å²) < 4.78 is 33.5. The molecule has 3 aromatic carbocycles.